The molecule has 0 atom stereocenters. The van der Waals surface area contributed by atoms with E-state index in [0.29, 0.717) is 17.6 Å². The minimum absolute atomic E-state index is 0.0425. The van der Waals surface area contributed by atoms with E-state index in [9.17, 15) is 14.7 Å². The Morgan fingerprint density at radius 2 is 1.84 bits per heavy atom. The Morgan fingerprint density at radius 1 is 1.26 bits per heavy atom. The topological polar surface area (TPSA) is 63.6 Å². The molecule has 1 rings (SSSR count). The number of rotatable bonds is 4. The first kappa shape index (κ1) is 15.2. The highest BCUT2D eigenvalue weighted by Gasteiger charge is 2.23. The summed E-state index contributed by atoms with van der Waals surface area (Å²) < 4.78 is 5.29. The molecule has 1 aromatic rings. The highest BCUT2D eigenvalue weighted by Crippen LogP contribution is 2.40. The van der Waals surface area contributed by atoms with Crippen molar-refractivity contribution < 1.29 is 19.4 Å². The molecule has 0 saturated carbocycles. The summed E-state index contributed by atoms with van der Waals surface area (Å²) >= 11 is 0. The molecule has 0 aliphatic heterocycles. The van der Waals surface area contributed by atoms with Gasteiger partial charge in [-0.2, -0.15) is 0 Å². The van der Waals surface area contributed by atoms with Crippen molar-refractivity contribution in [1.82, 2.24) is 0 Å². The number of ether oxygens (including phenoxy) is 1. The molecule has 0 amide bonds. The van der Waals surface area contributed by atoms with Crippen molar-refractivity contribution >= 4 is 12.3 Å². The van der Waals surface area contributed by atoms with Crippen LogP contribution in [0.3, 0.4) is 0 Å². The molecule has 0 spiro atoms. The summed E-state index contributed by atoms with van der Waals surface area (Å²) in [4.78, 5) is 22.4. The number of phenolic OH excluding ortho intramolecular Hbond substituents is 1. The van der Waals surface area contributed by atoms with Crippen molar-refractivity contribution in [2.24, 2.45) is 0 Å². The van der Waals surface area contributed by atoms with Crippen LogP contribution in [0.2, 0.25) is 0 Å². The zero-order valence-corrected chi connectivity index (χ0v) is 12.0. The zero-order valence-electron chi connectivity index (χ0n) is 12.0. The second kappa shape index (κ2) is 5.87. The number of phenols is 1. The Morgan fingerprint density at radius 3 is 2.21 bits per heavy atom. The second-order valence-electron chi connectivity index (χ2n) is 5.16. The average molecular weight is 264 g/mol. The number of hydrogen-bond donors (Lipinski definition) is 1. The van der Waals surface area contributed by atoms with Gasteiger partial charge in [-0.25, -0.2) is 0 Å². The molecule has 1 N–H and O–H groups in total. The van der Waals surface area contributed by atoms with E-state index < -0.39 is 5.97 Å². The van der Waals surface area contributed by atoms with Crippen LogP contribution in [0.4, 0.5) is 0 Å². The molecule has 4 nitrogen and oxygen atoms in total. The molecule has 0 radical (unpaired) electrons. The molecule has 0 bridgehead atoms. The first-order valence-electron chi connectivity index (χ1n) is 6.32. The van der Waals surface area contributed by atoms with E-state index in [4.69, 9.17) is 4.74 Å². The smallest absolute Gasteiger partial charge is 0.308 e. The van der Waals surface area contributed by atoms with Gasteiger partial charge in [0.2, 0.25) is 0 Å². The molecule has 0 saturated heterocycles. The van der Waals surface area contributed by atoms with Gasteiger partial charge in [0.25, 0.3) is 0 Å². The van der Waals surface area contributed by atoms with Crippen LogP contribution < -0.4 is 4.74 Å². The fraction of sp³-hybridized carbons (Fsp3) is 0.467. The van der Waals surface area contributed by atoms with E-state index in [1.54, 1.807) is 0 Å². The SMILES string of the molecule is CC(=O)Oc1c(C(C)C)cc(O)c(C=O)c1C(C)C. The van der Waals surface area contributed by atoms with E-state index in [2.05, 4.69) is 0 Å². The fourth-order valence-corrected chi connectivity index (χ4v) is 2.09. The molecule has 0 aliphatic carbocycles. The Balaban J connectivity index is 3.68. The summed E-state index contributed by atoms with van der Waals surface area (Å²) in [5.74, 6) is -0.0837. The third-order valence-corrected chi connectivity index (χ3v) is 2.93. The minimum Gasteiger partial charge on any atom is -0.507 e. The maximum absolute atomic E-state index is 11.3. The number of carbonyl (C=O) groups excluding carboxylic acids is 2. The Hall–Kier alpha value is -1.84. The van der Waals surface area contributed by atoms with E-state index >= 15 is 0 Å². The number of hydrogen-bond acceptors (Lipinski definition) is 4. The predicted molar refractivity (Wildman–Crippen MR) is 73.0 cm³/mol. The van der Waals surface area contributed by atoms with E-state index in [1.165, 1.54) is 13.0 Å². The maximum Gasteiger partial charge on any atom is 0.308 e. The van der Waals surface area contributed by atoms with E-state index in [-0.39, 0.29) is 23.1 Å². The molecule has 4 heteroatoms. The summed E-state index contributed by atoms with van der Waals surface area (Å²) in [5.41, 5.74) is 1.49. The Labute approximate surface area is 113 Å². The van der Waals surface area contributed by atoms with Gasteiger partial charge in [0, 0.05) is 18.1 Å². The zero-order chi connectivity index (χ0) is 14.7. The van der Waals surface area contributed by atoms with Gasteiger partial charge in [-0.15, -0.1) is 0 Å². The summed E-state index contributed by atoms with van der Waals surface area (Å²) in [6.45, 7) is 8.97. The van der Waals surface area contributed by atoms with Gasteiger partial charge in [-0.05, 0) is 17.9 Å². The molecule has 0 fully saturated rings. The van der Waals surface area contributed by atoms with Crippen LogP contribution in [0, 0.1) is 0 Å². The number of esters is 1. The maximum atomic E-state index is 11.3. The highest BCUT2D eigenvalue weighted by atomic mass is 16.5. The largest absolute Gasteiger partial charge is 0.507 e. The molecular formula is C15H20O4. The van der Waals surface area contributed by atoms with Gasteiger partial charge in [0.05, 0.1) is 5.56 Å². The normalized spacial score (nSPS) is 10.9. The van der Waals surface area contributed by atoms with Gasteiger partial charge in [-0.1, -0.05) is 27.7 Å². The van der Waals surface area contributed by atoms with E-state index in [1.807, 2.05) is 27.7 Å². The van der Waals surface area contributed by atoms with Crippen LogP contribution in [-0.2, 0) is 4.79 Å². The summed E-state index contributed by atoms with van der Waals surface area (Å²) in [7, 11) is 0. The van der Waals surface area contributed by atoms with Crippen molar-refractivity contribution in [2.75, 3.05) is 0 Å². The molecule has 19 heavy (non-hydrogen) atoms. The van der Waals surface area contributed by atoms with Gasteiger partial charge in [0.15, 0.2) is 6.29 Å². The number of carbonyl (C=O) groups is 2. The Kier molecular flexibility index (Phi) is 4.70. The monoisotopic (exact) mass is 264 g/mol. The first-order chi connectivity index (χ1) is 8.79. The highest BCUT2D eigenvalue weighted by molar-refractivity contribution is 5.85. The molecule has 0 heterocycles. The lowest BCUT2D eigenvalue weighted by Crippen LogP contribution is -2.10. The van der Waals surface area contributed by atoms with E-state index in [0.717, 1.165) is 5.56 Å². The standard InChI is InChI=1S/C15H20O4/c1-8(2)11-6-13(18)12(7-16)14(9(3)4)15(11)19-10(5)17/h6-9,18H,1-5H3. The lowest BCUT2D eigenvalue weighted by Gasteiger charge is -2.21. The van der Waals surface area contributed by atoms with Crippen molar-refractivity contribution in [3.8, 4) is 11.5 Å². The van der Waals surface area contributed by atoms with Crippen LogP contribution in [-0.4, -0.2) is 17.4 Å². The van der Waals surface area contributed by atoms with Crippen LogP contribution in [0.5, 0.6) is 11.5 Å². The van der Waals surface area contributed by atoms with Gasteiger partial charge in [0.1, 0.15) is 11.5 Å². The molecule has 0 aromatic heterocycles. The number of aldehydes is 1. The number of aromatic hydroxyl groups is 1. The fourth-order valence-electron chi connectivity index (χ4n) is 2.09. The summed E-state index contributed by atoms with van der Waals surface area (Å²) in [5, 5.41) is 9.96. The van der Waals surface area contributed by atoms with Gasteiger partial charge in [-0.3, -0.25) is 9.59 Å². The predicted octanol–water partition coefficient (Wildman–Crippen LogP) is 3.38. The quantitative estimate of drug-likeness (QED) is 0.514. The average Bonchev–Trinajstić information content (AvgIpc) is 2.28. The first-order valence-corrected chi connectivity index (χ1v) is 6.32. The van der Waals surface area contributed by atoms with Crippen molar-refractivity contribution in [2.45, 2.75) is 46.5 Å². The van der Waals surface area contributed by atoms with Gasteiger partial charge < -0.3 is 9.84 Å². The third kappa shape index (κ3) is 3.13. The molecule has 104 valence electrons. The Bertz CT molecular complexity index is 501. The lowest BCUT2D eigenvalue weighted by molar-refractivity contribution is -0.132. The van der Waals surface area contributed by atoms with Crippen LogP contribution in [0.15, 0.2) is 6.07 Å². The van der Waals surface area contributed by atoms with Crippen molar-refractivity contribution in [3.63, 3.8) is 0 Å². The van der Waals surface area contributed by atoms with Crippen LogP contribution in [0.1, 0.15) is 67.9 Å². The second-order valence-corrected chi connectivity index (χ2v) is 5.16. The molecule has 0 aliphatic rings. The summed E-state index contributed by atoms with van der Waals surface area (Å²) in [6.07, 6.45) is 0.599. The van der Waals surface area contributed by atoms with Crippen LogP contribution >= 0.6 is 0 Å². The summed E-state index contributed by atoms with van der Waals surface area (Å²) in [6, 6.07) is 1.50. The van der Waals surface area contributed by atoms with Gasteiger partial charge >= 0.3 is 5.97 Å². The van der Waals surface area contributed by atoms with Crippen molar-refractivity contribution in [3.05, 3.63) is 22.8 Å². The number of benzene rings is 1. The minimum atomic E-state index is -0.439. The molecular weight excluding hydrogens is 244 g/mol. The van der Waals surface area contributed by atoms with Crippen molar-refractivity contribution in [1.29, 1.82) is 0 Å². The molecule has 1 aromatic carbocycles. The molecule has 0 unspecified atom stereocenters. The third-order valence-electron chi connectivity index (χ3n) is 2.93. The lowest BCUT2D eigenvalue weighted by atomic mass is 9.89. The van der Waals surface area contributed by atoms with Crippen LogP contribution in [0.25, 0.3) is 0 Å².